The molecular weight excluding hydrogens is 191 g/mol. The molecule has 0 bridgehead atoms. The molecule has 2 nitrogen and oxygen atoms in total. The standard InChI is InChI=1S/C9H9FO2S/c1-13(2,12)8-3-4-9(10)7(5-8)6-11/h3-6H,1H2,2H3. The average molecular weight is 200 g/mol. The maximum Gasteiger partial charge on any atom is 0.153 e. The number of hydrogen-bond acceptors (Lipinski definition) is 2. The van der Waals surface area contributed by atoms with Crippen molar-refractivity contribution in [3.05, 3.63) is 29.6 Å². The normalized spacial score (nSPS) is 14.9. The Hall–Kier alpha value is -1.16. The summed E-state index contributed by atoms with van der Waals surface area (Å²) in [5.74, 6) is 2.83. The molecule has 13 heavy (non-hydrogen) atoms. The zero-order valence-corrected chi connectivity index (χ0v) is 7.94. The van der Waals surface area contributed by atoms with Crippen LogP contribution in [0.25, 0.3) is 0 Å². The van der Waals surface area contributed by atoms with Gasteiger partial charge in [-0.05, 0) is 33.6 Å². The highest BCUT2D eigenvalue weighted by molar-refractivity contribution is 7.99. The largest absolute Gasteiger partial charge is 0.298 e. The molecule has 0 saturated carbocycles. The van der Waals surface area contributed by atoms with Crippen molar-refractivity contribution in [1.82, 2.24) is 0 Å². The Bertz CT molecular complexity index is 435. The molecule has 0 aliphatic heterocycles. The Balaban J connectivity index is 3.38. The number of hydrogen-bond donors (Lipinski definition) is 0. The first-order valence-corrected chi connectivity index (χ1v) is 5.65. The van der Waals surface area contributed by atoms with Gasteiger partial charge in [0.25, 0.3) is 0 Å². The summed E-state index contributed by atoms with van der Waals surface area (Å²) in [5.41, 5.74) is -0.0873. The number of benzene rings is 1. The molecule has 1 aromatic rings. The summed E-state index contributed by atoms with van der Waals surface area (Å²) < 4.78 is 24.2. The molecule has 1 rings (SSSR count). The molecule has 0 N–H and O–H groups in total. The Morgan fingerprint density at radius 1 is 1.54 bits per heavy atom. The molecule has 70 valence electrons. The second kappa shape index (κ2) is 3.30. The SMILES string of the molecule is C=S(C)(=O)c1ccc(F)c(C=O)c1. The van der Waals surface area contributed by atoms with E-state index in [0.717, 1.165) is 6.07 Å². The second-order valence-corrected chi connectivity index (χ2v) is 5.29. The van der Waals surface area contributed by atoms with Gasteiger partial charge in [-0.2, -0.15) is 0 Å². The highest BCUT2D eigenvalue weighted by Crippen LogP contribution is 2.13. The van der Waals surface area contributed by atoms with Crippen LogP contribution in [0.1, 0.15) is 10.4 Å². The Kier molecular flexibility index (Phi) is 2.52. The van der Waals surface area contributed by atoms with E-state index in [0.29, 0.717) is 11.2 Å². The van der Waals surface area contributed by atoms with Gasteiger partial charge in [0.2, 0.25) is 0 Å². The number of carbonyl (C=O) groups excluding carboxylic acids is 1. The predicted octanol–water partition coefficient (Wildman–Crippen LogP) is 1.34. The molecular formula is C9H9FO2S. The summed E-state index contributed by atoms with van der Waals surface area (Å²) in [6.07, 6.45) is 1.83. The molecule has 0 aromatic heterocycles. The number of halogens is 1. The number of rotatable bonds is 2. The molecule has 0 saturated heterocycles. The van der Waals surface area contributed by atoms with E-state index in [4.69, 9.17) is 0 Å². The summed E-state index contributed by atoms with van der Waals surface area (Å²) in [6.45, 7) is 0. The van der Waals surface area contributed by atoms with Crippen molar-refractivity contribution < 1.29 is 13.4 Å². The summed E-state index contributed by atoms with van der Waals surface area (Å²) in [6, 6.07) is 3.75. The maximum atomic E-state index is 12.8. The molecule has 0 heterocycles. The van der Waals surface area contributed by atoms with Gasteiger partial charge >= 0.3 is 0 Å². The van der Waals surface area contributed by atoms with Crippen LogP contribution in [-0.4, -0.2) is 22.6 Å². The lowest BCUT2D eigenvalue weighted by Crippen LogP contribution is -1.99. The lowest BCUT2D eigenvalue weighted by atomic mass is 10.2. The fourth-order valence-corrected chi connectivity index (χ4v) is 1.61. The van der Waals surface area contributed by atoms with Crippen molar-refractivity contribution in [3.63, 3.8) is 0 Å². The number of aldehydes is 1. The molecule has 0 fully saturated rings. The van der Waals surface area contributed by atoms with Crippen LogP contribution in [0.4, 0.5) is 4.39 Å². The van der Waals surface area contributed by atoms with E-state index in [1.807, 2.05) is 0 Å². The quantitative estimate of drug-likeness (QED) is 0.533. The van der Waals surface area contributed by atoms with Crippen LogP contribution < -0.4 is 0 Å². The van der Waals surface area contributed by atoms with Crippen LogP contribution in [0.15, 0.2) is 23.1 Å². The Morgan fingerprint density at radius 2 is 2.15 bits per heavy atom. The molecule has 4 heteroatoms. The molecule has 0 aliphatic carbocycles. The summed E-state index contributed by atoms with van der Waals surface area (Å²) in [5, 5.41) is 0. The van der Waals surface area contributed by atoms with Gasteiger partial charge in [0.15, 0.2) is 6.29 Å². The van der Waals surface area contributed by atoms with Crippen LogP contribution in [-0.2, 0) is 9.52 Å². The van der Waals surface area contributed by atoms with Crippen molar-refractivity contribution >= 4 is 21.7 Å². The predicted molar refractivity (Wildman–Crippen MR) is 51.2 cm³/mol. The zero-order valence-electron chi connectivity index (χ0n) is 7.12. The first kappa shape index (κ1) is 9.92. The van der Waals surface area contributed by atoms with Crippen molar-refractivity contribution in [2.24, 2.45) is 0 Å². The van der Waals surface area contributed by atoms with E-state index < -0.39 is 15.3 Å². The van der Waals surface area contributed by atoms with Gasteiger partial charge in [-0.3, -0.25) is 9.00 Å². The van der Waals surface area contributed by atoms with Gasteiger partial charge in [-0.15, -0.1) is 0 Å². The van der Waals surface area contributed by atoms with E-state index >= 15 is 0 Å². The third kappa shape index (κ3) is 2.15. The molecule has 0 radical (unpaired) electrons. The number of carbonyl (C=O) groups is 1. The van der Waals surface area contributed by atoms with E-state index in [1.165, 1.54) is 18.4 Å². The monoisotopic (exact) mass is 200 g/mol. The van der Waals surface area contributed by atoms with Gasteiger partial charge in [0.05, 0.1) is 5.56 Å². The van der Waals surface area contributed by atoms with E-state index in [-0.39, 0.29) is 5.56 Å². The summed E-state index contributed by atoms with van der Waals surface area (Å²) in [4.78, 5) is 10.7. The fraction of sp³-hybridized carbons (Fsp3) is 0.111. The third-order valence-corrected chi connectivity index (χ3v) is 2.84. The van der Waals surface area contributed by atoms with E-state index in [9.17, 15) is 13.4 Å². The fourth-order valence-electron chi connectivity index (χ4n) is 0.881. The van der Waals surface area contributed by atoms with Gasteiger partial charge in [0, 0.05) is 11.2 Å². The molecule has 0 aliphatic rings. The first-order valence-electron chi connectivity index (χ1n) is 3.52. The molecule has 0 spiro atoms. The van der Waals surface area contributed by atoms with E-state index in [2.05, 4.69) is 5.87 Å². The van der Waals surface area contributed by atoms with Gasteiger partial charge in [-0.25, -0.2) is 4.39 Å². The van der Waals surface area contributed by atoms with Crippen LogP contribution in [0.5, 0.6) is 0 Å². The Labute approximate surface area is 76.4 Å². The minimum Gasteiger partial charge on any atom is -0.298 e. The van der Waals surface area contributed by atoms with Crippen LogP contribution in [0, 0.1) is 5.82 Å². The maximum absolute atomic E-state index is 12.8. The minimum atomic E-state index is -2.38. The van der Waals surface area contributed by atoms with Crippen LogP contribution in [0.3, 0.4) is 0 Å². The second-order valence-electron chi connectivity index (χ2n) is 2.81. The molecule has 1 aromatic carbocycles. The third-order valence-electron chi connectivity index (χ3n) is 1.59. The lowest BCUT2D eigenvalue weighted by Gasteiger charge is -2.03. The van der Waals surface area contributed by atoms with Crippen molar-refractivity contribution in [3.8, 4) is 0 Å². The summed E-state index contributed by atoms with van der Waals surface area (Å²) in [7, 11) is -2.38. The first-order chi connectivity index (χ1) is 5.95. The topological polar surface area (TPSA) is 34.1 Å². The van der Waals surface area contributed by atoms with Crippen LogP contribution >= 0.6 is 0 Å². The lowest BCUT2D eigenvalue weighted by molar-refractivity contribution is 0.111. The van der Waals surface area contributed by atoms with Gasteiger partial charge in [0.1, 0.15) is 5.82 Å². The highest BCUT2D eigenvalue weighted by atomic mass is 32.2. The summed E-state index contributed by atoms with van der Waals surface area (Å²) >= 11 is 0. The zero-order chi connectivity index (χ0) is 10.1. The van der Waals surface area contributed by atoms with Crippen molar-refractivity contribution in [2.75, 3.05) is 6.26 Å². The molecule has 0 amide bonds. The molecule has 1 atom stereocenters. The van der Waals surface area contributed by atoms with Crippen molar-refractivity contribution in [2.45, 2.75) is 4.90 Å². The molecule has 1 unspecified atom stereocenters. The van der Waals surface area contributed by atoms with Crippen LogP contribution in [0.2, 0.25) is 0 Å². The van der Waals surface area contributed by atoms with Gasteiger partial charge < -0.3 is 0 Å². The van der Waals surface area contributed by atoms with E-state index in [1.54, 1.807) is 0 Å². The average Bonchev–Trinajstić information content (AvgIpc) is 2.03. The van der Waals surface area contributed by atoms with Crippen molar-refractivity contribution in [1.29, 1.82) is 0 Å². The smallest absolute Gasteiger partial charge is 0.153 e. The minimum absolute atomic E-state index is 0.0873. The van der Waals surface area contributed by atoms with Gasteiger partial charge in [-0.1, -0.05) is 0 Å². The Morgan fingerprint density at radius 3 is 2.62 bits per heavy atom. The highest BCUT2D eigenvalue weighted by Gasteiger charge is 2.06.